The minimum atomic E-state index is -0.515. The number of rotatable bonds is 5. The molecule has 0 unspecified atom stereocenters. The van der Waals surface area contributed by atoms with Gasteiger partial charge in [0.1, 0.15) is 11.9 Å². The lowest BCUT2D eigenvalue weighted by Gasteiger charge is -2.04. The van der Waals surface area contributed by atoms with Crippen LogP contribution in [0.1, 0.15) is 5.56 Å². The molecule has 0 saturated heterocycles. The van der Waals surface area contributed by atoms with Crippen molar-refractivity contribution >= 4 is 29.2 Å². The quantitative estimate of drug-likeness (QED) is 0.375. The van der Waals surface area contributed by atoms with E-state index in [2.05, 4.69) is 20.8 Å². The van der Waals surface area contributed by atoms with Crippen LogP contribution in [-0.4, -0.2) is 28.3 Å². The van der Waals surface area contributed by atoms with Gasteiger partial charge in [-0.1, -0.05) is 0 Å². The van der Waals surface area contributed by atoms with Crippen LogP contribution >= 0.6 is 12.2 Å². The normalized spacial score (nSPS) is 10.3. The van der Waals surface area contributed by atoms with Crippen LogP contribution in [0.2, 0.25) is 0 Å². The molecule has 1 aromatic heterocycles. The third kappa shape index (κ3) is 5.00. The van der Waals surface area contributed by atoms with Crippen molar-refractivity contribution in [2.24, 2.45) is 5.10 Å². The van der Waals surface area contributed by atoms with Gasteiger partial charge in [0, 0.05) is 19.2 Å². The van der Waals surface area contributed by atoms with E-state index in [0.29, 0.717) is 10.9 Å². The number of nitro groups is 1. The van der Waals surface area contributed by atoms with Crippen LogP contribution in [0, 0.1) is 10.1 Å². The van der Waals surface area contributed by atoms with Crippen LogP contribution in [-0.2, 0) is 0 Å². The molecule has 0 aliphatic heterocycles. The largest absolute Gasteiger partial charge is 0.439 e. The zero-order valence-corrected chi connectivity index (χ0v) is 12.9. The highest BCUT2D eigenvalue weighted by atomic mass is 32.1. The number of pyridine rings is 1. The summed E-state index contributed by atoms with van der Waals surface area (Å²) in [5, 5.41) is 17.7. The molecule has 0 spiro atoms. The van der Waals surface area contributed by atoms with E-state index < -0.39 is 4.92 Å². The van der Waals surface area contributed by atoms with Gasteiger partial charge >= 0.3 is 0 Å². The number of aromatic nitrogens is 1. The summed E-state index contributed by atoms with van der Waals surface area (Å²) in [6.07, 6.45) is 2.75. The van der Waals surface area contributed by atoms with Crippen molar-refractivity contribution in [3.05, 3.63) is 58.3 Å². The standard InChI is InChI=1S/C14H13N5O3S/c1-15-14(23)18-17-8-10-2-5-12(6-3-10)22-13-7-4-11(9-16-13)19(20)21/h2-9H,1H3,(H2,15,18,23)/b17-8+. The molecule has 0 saturated carbocycles. The van der Waals surface area contributed by atoms with Crippen molar-refractivity contribution in [1.29, 1.82) is 0 Å². The Morgan fingerprint density at radius 3 is 2.65 bits per heavy atom. The Kier molecular flexibility index (Phi) is 5.53. The number of hydrazone groups is 1. The number of ether oxygens (including phenoxy) is 1. The molecule has 0 amide bonds. The fraction of sp³-hybridized carbons (Fsp3) is 0.0714. The molecule has 0 aliphatic carbocycles. The lowest BCUT2D eigenvalue weighted by molar-refractivity contribution is -0.385. The molecule has 118 valence electrons. The smallest absolute Gasteiger partial charge is 0.287 e. The molecule has 8 nitrogen and oxygen atoms in total. The van der Waals surface area contributed by atoms with Crippen molar-refractivity contribution < 1.29 is 9.66 Å². The SMILES string of the molecule is CNC(=S)N/N=C/c1ccc(Oc2ccc([N+](=O)[O-])cn2)cc1. The van der Waals surface area contributed by atoms with Gasteiger partial charge in [-0.15, -0.1) is 0 Å². The van der Waals surface area contributed by atoms with Crippen molar-refractivity contribution in [3.63, 3.8) is 0 Å². The third-order valence-electron chi connectivity index (χ3n) is 2.64. The van der Waals surface area contributed by atoms with Gasteiger partial charge in [-0.05, 0) is 42.0 Å². The lowest BCUT2D eigenvalue weighted by Crippen LogP contribution is -2.28. The Bertz CT molecular complexity index is 716. The molecule has 0 atom stereocenters. The van der Waals surface area contributed by atoms with Crippen LogP contribution < -0.4 is 15.5 Å². The van der Waals surface area contributed by atoms with Crippen LogP contribution in [0.3, 0.4) is 0 Å². The van der Waals surface area contributed by atoms with Gasteiger partial charge in [0.25, 0.3) is 5.69 Å². The van der Waals surface area contributed by atoms with E-state index in [-0.39, 0.29) is 11.6 Å². The summed E-state index contributed by atoms with van der Waals surface area (Å²) in [6, 6.07) is 9.85. The summed E-state index contributed by atoms with van der Waals surface area (Å²) >= 11 is 4.88. The van der Waals surface area contributed by atoms with E-state index in [9.17, 15) is 10.1 Å². The Labute approximate surface area is 137 Å². The minimum absolute atomic E-state index is 0.0871. The summed E-state index contributed by atoms with van der Waals surface area (Å²) in [6.45, 7) is 0. The van der Waals surface area contributed by atoms with Gasteiger partial charge in [0.15, 0.2) is 5.11 Å². The predicted octanol–water partition coefficient (Wildman–Crippen LogP) is 2.21. The lowest BCUT2D eigenvalue weighted by atomic mass is 10.2. The molecular weight excluding hydrogens is 318 g/mol. The van der Waals surface area contributed by atoms with Crippen LogP contribution in [0.4, 0.5) is 5.69 Å². The van der Waals surface area contributed by atoms with Crippen LogP contribution in [0.5, 0.6) is 11.6 Å². The molecule has 2 rings (SSSR count). The summed E-state index contributed by atoms with van der Waals surface area (Å²) in [5.41, 5.74) is 3.40. The molecule has 23 heavy (non-hydrogen) atoms. The highest BCUT2D eigenvalue weighted by molar-refractivity contribution is 7.80. The zero-order valence-electron chi connectivity index (χ0n) is 12.1. The Balaban J connectivity index is 1.96. The number of hydrogen-bond acceptors (Lipinski definition) is 6. The molecule has 0 bridgehead atoms. The van der Waals surface area contributed by atoms with E-state index in [4.69, 9.17) is 17.0 Å². The first-order chi connectivity index (χ1) is 11.1. The van der Waals surface area contributed by atoms with Gasteiger partial charge in [-0.3, -0.25) is 15.5 Å². The van der Waals surface area contributed by atoms with E-state index in [0.717, 1.165) is 11.8 Å². The molecule has 0 fully saturated rings. The Morgan fingerprint density at radius 2 is 2.09 bits per heavy atom. The van der Waals surface area contributed by atoms with Crippen molar-refractivity contribution in [3.8, 4) is 11.6 Å². The summed E-state index contributed by atoms with van der Waals surface area (Å²) in [4.78, 5) is 13.9. The first kappa shape index (κ1) is 16.3. The third-order valence-corrected chi connectivity index (χ3v) is 2.94. The zero-order chi connectivity index (χ0) is 16.7. The average molecular weight is 331 g/mol. The maximum Gasteiger partial charge on any atom is 0.287 e. The summed E-state index contributed by atoms with van der Waals surface area (Å²) in [5.74, 6) is 0.834. The molecule has 9 heteroatoms. The van der Waals surface area contributed by atoms with E-state index >= 15 is 0 Å². The summed E-state index contributed by atoms with van der Waals surface area (Å²) in [7, 11) is 1.70. The van der Waals surface area contributed by atoms with Gasteiger partial charge in [0.05, 0.1) is 11.1 Å². The molecule has 0 aliphatic rings. The summed E-state index contributed by atoms with van der Waals surface area (Å²) < 4.78 is 5.50. The molecule has 2 aromatic rings. The molecule has 2 N–H and O–H groups in total. The second kappa shape index (κ2) is 7.80. The molecular formula is C14H13N5O3S. The second-order valence-electron chi connectivity index (χ2n) is 4.23. The van der Waals surface area contributed by atoms with Gasteiger partial charge in [0.2, 0.25) is 5.88 Å². The van der Waals surface area contributed by atoms with E-state index in [1.807, 2.05) is 0 Å². The molecule has 1 heterocycles. The highest BCUT2D eigenvalue weighted by Crippen LogP contribution is 2.21. The van der Waals surface area contributed by atoms with Crippen molar-refractivity contribution in [2.45, 2.75) is 0 Å². The average Bonchev–Trinajstić information content (AvgIpc) is 2.56. The second-order valence-corrected chi connectivity index (χ2v) is 4.64. The maximum absolute atomic E-state index is 10.6. The fourth-order valence-electron chi connectivity index (χ4n) is 1.50. The predicted molar refractivity (Wildman–Crippen MR) is 89.8 cm³/mol. The number of thiocarbonyl (C=S) groups is 1. The van der Waals surface area contributed by atoms with Crippen molar-refractivity contribution in [1.82, 2.24) is 15.7 Å². The number of hydrogen-bond donors (Lipinski definition) is 2. The van der Waals surface area contributed by atoms with E-state index in [1.54, 1.807) is 37.5 Å². The topological polar surface area (TPSA) is 102 Å². The van der Waals surface area contributed by atoms with Crippen LogP contribution in [0.15, 0.2) is 47.7 Å². The van der Waals surface area contributed by atoms with Crippen LogP contribution in [0.25, 0.3) is 0 Å². The van der Waals surface area contributed by atoms with Crippen molar-refractivity contribution in [2.75, 3.05) is 7.05 Å². The number of nitrogens with one attached hydrogen (secondary N) is 2. The first-order valence-corrected chi connectivity index (χ1v) is 6.88. The monoisotopic (exact) mass is 331 g/mol. The Hall–Kier alpha value is -3.07. The number of benzene rings is 1. The molecule has 1 aromatic carbocycles. The molecule has 0 radical (unpaired) electrons. The van der Waals surface area contributed by atoms with Gasteiger partial charge in [-0.2, -0.15) is 5.10 Å². The first-order valence-electron chi connectivity index (χ1n) is 6.47. The van der Waals surface area contributed by atoms with Gasteiger partial charge in [-0.25, -0.2) is 4.98 Å². The fourth-order valence-corrected chi connectivity index (χ4v) is 1.56. The van der Waals surface area contributed by atoms with Gasteiger partial charge < -0.3 is 10.1 Å². The Morgan fingerprint density at radius 1 is 1.35 bits per heavy atom. The van der Waals surface area contributed by atoms with E-state index in [1.165, 1.54) is 12.1 Å². The maximum atomic E-state index is 10.6. The minimum Gasteiger partial charge on any atom is -0.439 e. The number of nitrogens with zero attached hydrogens (tertiary/aromatic N) is 3. The highest BCUT2D eigenvalue weighted by Gasteiger charge is 2.06.